The summed E-state index contributed by atoms with van der Waals surface area (Å²) in [6, 6.07) is 8.26. The summed E-state index contributed by atoms with van der Waals surface area (Å²) in [6.45, 7) is 5.37. The summed E-state index contributed by atoms with van der Waals surface area (Å²) < 4.78 is 8.35. The average molecular weight is 319 g/mol. The lowest BCUT2D eigenvalue weighted by Crippen LogP contribution is -2.30. The fourth-order valence-electron chi connectivity index (χ4n) is 2.40. The van der Waals surface area contributed by atoms with Crippen molar-refractivity contribution in [1.82, 2.24) is 14.3 Å². The molecule has 0 radical (unpaired) electrons. The molecule has 1 aliphatic rings. The molecule has 1 N–H and O–H groups in total. The molecule has 0 unspecified atom stereocenters. The molecule has 0 amide bonds. The number of H-pyrrole nitrogens is 1. The number of para-hydroxylation sites is 1. The van der Waals surface area contributed by atoms with E-state index in [1.54, 1.807) is 18.7 Å². The van der Waals surface area contributed by atoms with Crippen molar-refractivity contribution in [2.45, 2.75) is 19.8 Å². The zero-order valence-electron chi connectivity index (χ0n) is 13.4. The van der Waals surface area contributed by atoms with Gasteiger partial charge in [0.05, 0.1) is 12.9 Å². The van der Waals surface area contributed by atoms with Gasteiger partial charge in [0.25, 0.3) is 0 Å². The molecule has 1 fully saturated rings. The van der Waals surface area contributed by atoms with E-state index in [4.69, 9.17) is 4.74 Å². The molecule has 1 saturated heterocycles. The third kappa shape index (κ3) is 5.73. The highest BCUT2D eigenvalue weighted by Gasteiger charge is 2.19. The van der Waals surface area contributed by atoms with E-state index in [0.29, 0.717) is 0 Å². The van der Waals surface area contributed by atoms with Gasteiger partial charge in [0.2, 0.25) is 0 Å². The number of aryl methyl sites for hydroxylation is 1. The first-order chi connectivity index (χ1) is 10.8. The fraction of sp³-hybridized carbons (Fsp3) is 0.471. The smallest absolute Gasteiger partial charge is 0.122 e. The van der Waals surface area contributed by atoms with Crippen LogP contribution in [0.5, 0.6) is 5.75 Å². The molecule has 1 aromatic heterocycles. The Morgan fingerprint density at radius 3 is 2.64 bits per heavy atom. The highest BCUT2D eigenvalue weighted by molar-refractivity contribution is 7.96. The summed E-state index contributed by atoms with van der Waals surface area (Å²) in [7, 11) is 0. The van der Waals surface area contributed by atoms with Crippen LogP contribution < -0.4 is 4.74 Å². The number of aromatic amines is 1. The number of imidazole rings is 1. The fourth-order valence-corrected chi connectivity index (χ4v) is 2.98. The molecule has 120 valence electrons. The second kappa shape index (κ2) is 9.54. The standard InChI is InChI=1S/C14H21NOS.C3H4N2/c1-12-5-3-4-6-14(12)16-11-13-7-9-15(17-2)10-8-13;1-2-5-3-4-1/h3-6,13H,7-11H2,1-2H3;1-3H,(H,4,5). The van der Waals surface area contributed by atoms with Crippen molar-refractivity contribution >= 4 is 11.9 Å². The number of nitrogens with one attached hydrogen (secondary N) is 1. The minimum Gasteiger partial charge on any atom is -0.493 e. The largest absolute Gasteiger partial charge is 0.493 e. The lowest BCUT2D eigenvalue weighted by molar-refractivity contribution is 0.190. The van der Waals surface area contributed by atoms with Gasteiger partial charge in [0.1, 0.15) is 5.75 Å². The van der Waals surface area contributed by atoms with Crippen LogP contribution in [0.1, 0.15) is 18.4 Å². The summed E-state index contributed by atoms with van der Waals surface area (Å²) in [4.78, 5) is 6.42. The van der Waals surface area contributed by atoms with E-state index in [2.05, 4.69) is 45.7 Å². The van der Waals surface area contributed by atoms with Gasteiger partial charge in [-0.3, -0.25) is 4.31 Å². The quantitative estimate of drug-likeness (QED) is 0.871. The lowest BCUT2D eigenvalue weighted by atomic mass is 9.99. The van der Waals surface area contributed by atoms with E-state index in [9.17, 15) is 0 Å². The molecule has 0 atom stereocenters. The molecule has 1 aliphatic heterocycles. The van der Waals surface area contributed by atoms with Crippen molar-refractivity contribution in [2.75, 3.05) is 26.0 Å². The maximum Gasteiger partial charge on any atom is 0.122 e. The number of ether oxygens (including phenoxy) is 1. The van der Waals surface area contributed by atoms with Gasteiger partial charge in [0, 0.05) is 25.5 Å². The van der Waals surface area contributed by atoms with Crippen LogP contribution in [0.3, 0.4) is 0 Å². The van der Waals surface area contributed by atoms with Crippen molar-refractivity contribution in [3.05, 3.63) is 48.5 Å². The van der Waals surface area contributed by atoms with Crippen molar-refractivity contribution in [2.24, 2.45) is 5.92 Å². The van der Waals surface area contributed by atoms with Crippen LogP contribution in [-0.2, 0) is 0 Å². The number of nitrogens with zero attached hydrogens (tertiary/aromatic N) is 2. The molecule has 5 heteroatoms. The molecule has 3 rings (SSSR count). The van der Waals surface area contributed by atoms with Crippen LogP contribution in [0.15, 0.2) is 43.0 Å². The number of rotatable bonds is 4. The summed E-state index contributed by atoms with van der Waals surface area (Å²) in [5.41, 5.74) is 1.23. The van der Waals surface area contributed by atoms with Crippen molar-refractivity contribution < 1.29 is 4.74 Å². The summed E-state index contributed by atoms with van der Waals surface area (Å²) in [5, 5.41) is 0. The minimum atomic E-state index is 0.720. The van der Waals surface area contributed by atoms with E-state index >= 15 is 0 Å². The van der Waals surface area contributed by atoms with Gasteiger partial charge in [-0.15, -0.1) is 0 Å². The number of piperidine rings is 1. The first-order valence-corrected chi connectivity index (χ1v) is 8.88. The van der Waals surface area contributed by atoms with Crippen LogP contribution in [0.25, 0.3) is 0 Å². The van der Waals surface area contributed by atoms with Crippen LogP contribution in [0.2, 0.25) is 0 Å². The van der Waals surface area contributed by atoms with Crippen molar-refractivity contribution in [3.63, 3.8) is 0 Å². The molecular weight excluding hydrogens is 294 g/mol. The Balaban J connectivity index is 0.000000299. The second-order valence-electron chi connectivity index (χ2n) is 5.39. The maximum absolute atomic E-state index is 5.92. The molecule has 1 aromatic carbocycles. The second-order valence-corrected chi connectivity index (χ2v) is 6.27. The van der Waals surface area contributed by atoms with Crippen molar-refractivity contribution in [1.29, 1.82) is 0 Å². The maximum atomic E-state index is 5.92. The minimum absolute atomic E-state index is 0.720. The Morgan fingerprint density at radius 2 is 2.09 bits per heavy atom. The topological polar surface area (TPSA) is 41.1 Å². The predicted octanol–water partition coefficient (Wildman–Crippen LogP) is 3.77. The van der Waals surface area contributed by atoms with Crippen LogP contribution in [0.4, 0.5) is 0 Å². The molecule has 2 heterocycles. The van der Waals surface area contributed by atoms with Gasteiger partial charge in [0.15, 0.2) is 0 Å². The molecule has 0 saturated carbocycles. The van der Waals surface area contributed by atoms with Gasteiger partial charge in [-0.05, 0) is 43.6 Å². The molecule has 0 bridgehead atoms. The van der Waals surface area contributed by atoms with Gasteiger partial charge in [-0.1, -0.05) is 30.1 Å². The van der Waals surface area contributed by atoms with E-state index in [1.807, 2.05) is 18.0 Å². The van der Waals surface area contributed by atoms with Crippen LogP contribution >= 0.6 is 11.9 Å². The molecule has 0 aliphatic carbocycles. The molecule has 22 heavy (non-hydrogen) atoms. The van der Waals surface area contributed by atoms with E-state index in [1.165, 1.54) is 31.5 Å². The van der Waals surface area contributed by atoms with Crippen LogP contribution in [0, 0.1) is 12.8 Å². The number of hydrogen-bond acceptors (Lipinski definition) is 4. The van der Waals surface area contributed by atoms with Gasteiger partial charge >= 0.3 is 0 Å². The first kappa shape index (κ1) is 16.9. The highest BCUT2D eigenvalue weighted by Crippen LogP contribution is 2.23. The van der Waals surface area contributed by atoms with Crippen molar-refractivity contribution in [3.8, 4) is 5.75 Å². The van der Waals surface area contributed by atoms with Crippen LogP contribution in [-0.4, -0.2) is 40.2 Å². The Labute approximate surface area is 137 Å². The lowest BCUT2D eigenvalue weighted by Gasteiger charge is -2.30. The summed E-state index contributed by atoms with van der Waals surface area (Å²) >= 11 is 1.86. The third-order valence-corrected chi connectivity index (χ3v) is 4.69. The summed E-state index contributed by atoms with van der Waals surface area (Å²) in [6.07, 6.45) is 9.75. The molecule has 4 nitrogen and oxygen atoms in total. The number of aromatic nitrogens is 2. The predicted molar refractivity (Wildman–Crippen MR) is 93.1 cm³/mol. The Morgan fingerprint density at radius 1 is 1.32 bits per heavy atom. The molecular formula is C17H25N3OS. The molecule has 0 spiro atoms. The summed E-state index contributed by atoms with van der Waals surface area (Å²) in [5.74, 6) is 1.76. The Hall–Kier alpha value is -1.46. The number of benzene rings is 1. The zero-order valence-corrected chi connectivity index (χ0v) is 14.2. The number of hydrogen-bond donors (Lipinski definition) is 1. The zero-order chi connectivity index (χ0) is 15.6. The van der Waals surface area contributed by atoms with E-state index in [0.717, 1.165) is 18.3 Å². The third-order valence-electron chi connectivity index (χ3n) is 3.81. The highest BCUT2D eigenvalue weighted by atomic mass is 32.2. The SMILES string of the molecule is CSN1CCC(COc2ccccc2C)CC1.c1c[nH]cn1. The Bertz CT molecular complexity index is 493. The Kier molecular flexibility index (Phi) is 7.33. The van der Waals surface area contributed by atoms with Gasteiger partial charge < -0.3 is 9.72 Å². The van der Waals surface area contributed by atoms with E-state index in [-0.39, 0.29) is 0 Å². The van der Waals surface area contributed by atoms with Gasteiger partial charge in [-0.2, -0.15) is 0 Å². The van der Waals surface area contributed by atoms with E-state index < -0.39 is 0 Å². The normalized spacial score (nSPS) is 15.9. The average Bonchev–Trinajstić information content (AvgIpc) is 3.14. The molecule has 2 aromatic rings. The monoisotopic (exact) mass is 319 g/mol. The first-order valence-electron chi connectivity index (χ1n) is 7.70. The van der Waals surface area contributed by atoms with Gasteiger partial charge in [-0.25, -0.2) is 4.98 Å².